The van der Waals surface area contributed by atoms with Crippen LogP contribution in [-0.4, -0.2) is 118 Å². The van der Waals surface area contributed by atoms with Crippen LogP contribution in [0.1, 0.15) is 98.8 Å². The molecule has 49 heavy (non-hydrogen) atoms. The second-order valence-corrected chi connectivity index (χ2v) is 14.9. The zero-order chi connectivity index (χ0) is 36.1. The molecule has 0 aromatic rings. The number of cyclic esters (lactones) is 1. The summed E-state index contributed by atoms with van der Waals surface area (Å²) in [5.41, 5.74) is -0.549. The van der Waals surface area contributed by atoms with Gasteiger partial charge in [0.2, 0.25) is 0 Å². The number of aliphatic hydroxyl groups is 2. The molecule has 7 atom stereocenters. The number of nitrogens with zero attached hydrogens (tertiary/aromatic N) is 3. The largest absolute Gasteiger partial charge is 0.465 e. The van der Waals surface area contributed by atoms with Crippen LogP contribution in [0.2, 0.25) is 0 Å². The van der Waals surface area contributed by atoms with Crippen LogP contribution < -0.4 is 0 Å². The van der Waals surface area contributed by atoms with Gasteiger partial charge in [-0.3, -0.25) is 9.69 Å². The first-order chi connectivity index (χ1) is 23.2. The van der Waals surface area contributed by atoms with Gasteiger partial charge in [-0.1, -0.05) is 76.8 Å². The van der Waals surface area contributed by atoms with Gasteiger partial charge in [0.05, 0.1) is 30.8 Å². The van der Waals surface area contributed by atoms with Crippen LogP contribution in [0.3, 0.4) is 0 Å². The molecule has 1 saturated heterocycles. The van der Waals surface area contributed by atoms with Gasteiger partial charge in [0, 0.05) is 57.0 Å². The summed E-state index contributed by atoms with van der Waals surface area (Å²) in [6.45, 7) is 11.9. The van der Waals surface area contributed by atoms with Gasteiger partial charge in [0.1, 0.15) is 6.10 Å². The van der Waals surface area contributed by atoms with Crippen LogP contribution in [-0.2, 0) is 14.3 Å². The van der Waals surface area contributed by atoms with Gasteiger partial charge >= 0.3 is 18.2 Å². The quantitative estimate of drug-likeness (QED) is 0.115. The first-order valence-corrected chi connectivity index (χ1v) is 18.5. The van der Waals surface area contributed by atoms with Crippen molar-refractivity contribution in [1.82, 2.24) is 14.7 Å². The van der Waals surface area contributed by atoms with Crippen LogP contribution in [0, 0.1) is 17.8 Å². The number of allylic oxidation sites excluding steroid dienone is 2. The number of carbonyl (C=O) groups excluding carboxylic acids is 2. The third-order valence-electron chi connectivity index (χ3n) is 10.5. The lowest BCUT2D eigenvalue weighted by Crippen LogP contribution is -2.62. The number of amides is 2. The van der Waals surface area contributed by atoms with Gasteiger partial charge in [-0.25, -0.2) is 9.59 Å². The summed E-state index contributed by atoms with van der Waals surface area (Å²) >= 11 is 0. The molecular formula is C38H63N3O8. The Bertz CT molecular complexity index is 1160. The van der Waals surface area contributed by atoms with E-state index < -0.39 is 41.8 Å². The van der Waals surface area contributed by atoms with Crippen molar-refractivity contribution in [3.63, 3.8) is 0 Å². The number of esters is 1. The van der Waals surface area contributed by atoms with Crippen molar-refractivity contribution in [1.29, 1.82) is 0 Å². The first-order valence-electron chi connectivity index (χ1n) is 18.5. The number of piperazine rings is 1. The molecule has 1 saturated carbocycles. The van der Waals surface area contributed by atoms with Crippen molar-refractivity contribution in [2.45, 2.75) is 129 Å². The van der Waals surface area contributed by atoms with E-state index in [-0.39, 0.29) is 43.8 Å². The molecule has 0 radical (unpaired) electrons. The van der Waals surface area contributed by atoms with E-state index in [4.69, 9.17) is 9.47 Å². The van der Waals surface area contributed by atoms with E-state index in [0.29, 0.717) is 32.2 Å². The summed E-state index contributed by atoms with van der Waals surface area (Å²) in [5, 5.41) is 33.1. The van der Waals surface area contributed by atoms with E-state index in [1.165, 1.54) is 30.6 Å². The molecule has 0 spiro atoms. The van der Waals surface area contributed by atoms with Gasteiger partial charge in [0.15, 0.2) is 0 Å². The Morgan fingerprint density at radius 3 is 2.51 bits per heavy atom. The molecule has 3 aliphatic rings. The molecular weight excluding hydrogens is 626 g/mol. The van der Waals surface area contributed by atoms with Crippen molar-refractivity contribution in [2.75, 3.05) is 39.8 Å². The Morgan fingerprint density at radius 2 is 1.86 bits per heavy atom. The van der Waals surface area contributed by atoms with Crippen LogP contribution in [0.5, 0.6) is 0 Å². The number of rotatable bonds is 9. The molecule has 3 N–H and O–H groups in total. The number of hydrogen-bond acceptors (Lipinski definition) is 8. The minimum Gasteiger partial charge on any atom is -0.465 e. The van der Waals surface area contributed by atoms with Gasteiger partial charge in [0.25, 0.3) is 0 Å². The third-order valence-corrected chi connectivity index (χ3v) is 10.5. The molecule has 0 aromatic heterocycles. The first kappa shape index (κ1) is 40.5. The van der Waals surface area contributed by atoms with Crippen molar-refractivity contribution in [3.8, 4) is 0 Å². The van der Waals surface area contributed by atoms with Gasteiger partial charge in [-0.15, -0.1) is 0 Å². The summed E-state index contributed by atoms with van der Waals surface area (Å²) in [7, 11) is 1.71. The smallest absolute Gasteiger partial charge is 0.409 e. The Labute approximate surface area is 294 Å². The lowest BCUT2D eigenvalue weighted by Gasteiger charge is -2.48. The average Bonchev–Trinajstić information content (AvgIpc) is 3.34. The summed E-state index contributed by atoms with van der Waals surface area (Å²) in [4.78, 5) is 43.1. The number of ether oxygens (including phenoxy) is 2. The molecule has 1 unspecified atom stereocenters. The highest BCUT2D eigenvalue weighted by atomic mass is 16.6. The number of hydrogen-bond donors (Lipinski definition) is 3. The van der Waals surface area contributed by atoms with Crippen LogP contribution >= 0.6 is 0 Å². The van der Waals surface area contributed by atoms with E-state index in [0.717, 1.165) is 24.8 Å². The molecule has 3 rings (SSSR count). The van der Waals surface area contributed by atoms with Gasteiger partial charge in [-0.05, 0) is 51.5 Å². The summed E-state index contributed by atoms with van der Waals surface area (Å²) < 4.78 is 11.4. The maximum atomic E-state index is 13.0. The number of aliphatic hydroxyl groups excluding tert-OH is 1. The van der Waals surface area contributed by atoms with Gasteiger partial charge < -0.3 is 34.6 Å². The number of carboxylic acid groups (broad SMARTS) is 1. The van der Waals surface area contributed by atoms with E-state index >= 15 is 0 Å². The zero-order valence-electron chi connectivity index (χ0n) is 30.8. The minimum absolute atomic E-state index is 0.0393. The Morgan fingerprint density at radius 1 is 1.16 bits per heavy atom. The lowest BCUT2D eigenvalue weighted by atomic mass is 9.77. The topological polar surface area (TPSA) is 140 Å². The van der Waals surface area contributed by atoms with Crippen molar-refractivity contribution in [2.24, 2.45) is 17.8 Å². The maximum absolute atomic E-state index is 13.0. The predicted molar refractivity (Wildman–Crippen MR) is 190 cm³/mol. The van der Waals surface area contributed by atoms with Crippen molar-refractivity contribution >= 4 is 18.2 Å². The highest BCUT2D eigenvalue weighted by Gasteiger charge is 2.44. The Hall–Kier alpha value is -2.89. The second kappa shape index (κ2) is 19.5. The molecule has 11 nitrogen and oxygen atoms in total. The second-order valence-electron chi connectivity index (χ2n) is 14.9. The predicted octanol–water partition coefficient (Wildman–Crippen LogP) is 6.01. The lowest BCUT2D eigenvalue weighted by molar-refractivity contribution is -0.151. The van der Waals surface area contributed by atoms with Crippen LogP contribution in [0.15, 0.2) is 36.0 Å². The third kappa shape index (κ3) is 12.4. The molecule has 2 amide bonds. The molecule has 2 heterocycles. The fourth-order valence-electron chi connectivity index (χ4n) is 7.49. The highest BCUT2D eigenvalue weighted by molar-refractivity contribution is 5.70. The van der Waals surface area contributed by atoms with E-state index in [9.17, 15) is 29.7 Å². The molecule has 0 aromatic carbocycles. The zero-order valence-corrected chi connectivity index (χ0v) is 30.8. The minimum atomic E-state index is -1.33. The molecule has 0 bridgehead atoms. The Balaban J connectivity index is 1.86. The molecule has 2 aliphatic heterocycles. The fraction of sp³-hybridized carbons (Fsp3) is 0.763. The summed E-state index contributed by atoms with van der Waals surface area (Å²) in [6, 6.07) is -0.0744. The average molecular weight is 690 g/mol. The Kier molecular flexibility index (Phi) is 16.1. The summed E-state index contributed by atoms with van der Waals surface area (Å²) in [5.74, 6) is -1.42. The SMILES string of the molecule is CCCN(C)C(=O)OC[C@@H](C)/C=C/C=C(\C)[C@H]1OC(=O)C[C@@H](O)CC[C@](C)(O)[C@H](C2CN(C3CCCCCC3)CCN2C(=O)O)/C=C/[C@@H]1C. The number of carbonyl (C=O) groups is 3. The van der Waals surface area contributed by atoms with E-state index in [1.54, 1.807) is 18.9 Å². The fourth-order valence-corrected chi connectivity index (χ4v) is 7.49. The van der Waals surface area contributed by atoms with Crippen LogP contribution in [0.4, 0.5) is 9.59 Å². The molecule has 2 fully saturated rings. The molecule has 11 heteroatoms. The molecule has 1 aliphatic carbocycles. The van der Waals surface area contributed by atoms with Gasteiger partial charge in [-0.2, -0.15) is 0 Å². The summed E-state index contributed by atoms with van der Waals surface area (Å²) in [6.07, 6.45) is 14.6. The van der Waals surface area contributed by atoms with E-state index in [1.807, 2.05) is 58.1 Å². The van der Waals surface area contributed by atoms with Crippen molar-refractivity contribution < 1.29 is 39.2 Å². The van der Waals surface area contributed by atoms with Crippen LogP contribution in [0.25, 0.3) is 0 Å². The maximum Gasteiger partial charge on any atom is 0.409 e. The normalized spacial score (nSPS) is 31.6. The van der Waals surface area contributed by atoms with Crippen molar-refractivity contribution in [3.05, 3.63) is 36.0 Å². The molecule has 278 valence electrons. The van der Waals surface area contributed by atoms with E-state index in [2.05, 4.69) is 4.90 Å². The highest BCUT2D eigenvalue weighted by Crippen LogP contribution is 2.35. The monoisotopic (exact) mass is 689 g/mol. The standard InChI is InChI=1S/C38H63N3O8/c1-7-21-39(6)37(46)48-26-27(2)13-12-14-28(3)35-29(4)17-18-32(38(5,47)20-19-31(42)24-34(43)49-35)33-25-40(22-23-41(33)36(44)45)30-15-10-8-9-11-16-30/h12-14,17-18,27,29-33,35,42,47H,7-11,15-16,19-26H2,1-6H3,(H,44,45)/b13-12+,18-17+,28-14+/t27-,29-,31-,32-,33?,35+,38-/m0/s1.